The number of ether oxygens (including phenoxy) is 5. The van der Waals surface area contributed by atoms with Crippen LogP contribution in [0, 0.1) is 81.3 Å². The molecule has 326 valence electrons. The van der Waals surface area contributed by atoms with Crippen LogP contribution in [0.4, 0.5) is 0 Å². The van der Waals surface area contributed by atoms with Crippen LogP contribution in [0.2, 0.25) is 0 Å². The first-order valence-corrected chi connectivity index (χ1v) is 23.8. The van der Waals surface area contributed by atoms with E-state index in [2.05, 4.69) is 13.8 Å². The van der Waals surface area contributed by atoms with Gasteiger partial charge in [-0.15, -0.1) is 0 Å². The molecule has 11 aliphatic carbocycles. The minimum atomic E-state index is -0.600. The summed E-state index contributed by atoms with van der Waals surface area (Å²) in [5.41, 5.74) is -2.29. The van der Waals surface area contributed by atoms with Crippen LogP contribution < -0.4 is 0 Å². The SMILES string of the molecule is CO[C@]12CC(=O)C3(C(C[C@H]4CC5CC[C@H]6C[C@@H](OC(C)=O)CC[C@]6(OC(C)=O)C5C[C@@]43C)C1)C1C[C@H]3[C@@H]4CC[C@H]5C[C@@H](OC(C)=O)CC[C@]5(OC(C)=O)[C@H]4CC[C@]3(C)C12. The first-order chi connectivity index (χ1) is 28.0. The molecule has 11 rings (SSSR count). The van der Waals surface area contributed by atoms with E-state index in [-0.39, 0.29) is 88.3 Å². The normalized spacial score (nSPS) is 53.7. The van der Waals surface area contributed by atoms with E-state index in [1.54, 1.807) is 13.8 Å². The van der Waals surface area contributed by atoms with Gasteiger partial charge in [0, 0.05) is 70.3 Å². The molecule has 6 unspecified atom stereocenters. The van der Waals surface area contributed by atoms with E-state index >= 15 is 4.79 Å². The molecule has 0 N–H and O–H groups in total. The number of hydrogen-bond donors (Lipinski definition) is 0. The van der Waals surface area contributed by atoms with Gasteiger partial charge in [-0.3, -0.25) is 24.0 Å². The van der Waals surface area contributed by atoms with E-state index in [9.17, 15) is 19.2 Å². The van der Waals surface area contributed by atoms with Crippen molar-refractivity contribution in [3.8, 4) is 0 Å². The van der Waals surface area contributed by atoms with Crippen LogP contribution >= 0.6 is 0 Å². The minimum Gasteiger partial charge on any atom is -0.463 e. The predicted molar refractivity (Wildman–Crippen MR) is 215 cm³/mol. The van der Waals surface area contributed by atoms with Crippen molar-refractivity contribution in [3.05, 3.63) is 0 Å². The van der Waals surface area contributed by atoms with Crippen LogP contribution in [0.5, 0.6) is 0 Å². The Labute approximate surface area is 351 Å². The smallest absolute Gasteiger partial charge is 0.303 e. The molecule has 19 atom stereocenters. The highest BCUT2D eigenvalue weighted by atomic mass is 16.6. The summed E-state index contributed by atoms with van der Waals surface area (Å²) >= 11 is 0. The topological polar surface area (TPSA) is 132 Å². The van der Waals surface area contributed by atoms with Gasteiger partial charge in [-0.05, 0) is 161 Å². The molecule has 11 saturated carbocycles. The van der Waals surface area contributed by atoms with Crippen LogP contribution in [0.3, 0.4) is 0 Å². The fourth-order valence-corrected chi connectivity index (χ4v) is 19.8. The standard InChI is InChI=1S/C49H70O10/c1-26(50)56-35-12-16-47(58-28(3)52)32(21-35)10-11-37-38(47)14-15-44(5)39(37)22-40-43(44)46(55-7)23-34-19-33-18-30-8-9-31-20-36(57-27(2)51)13-17-48(31,59-29(4)53)41(30)24-45(33,6)49(34,40)42(54)25-46/h30-41,43H,8-25H2,1-7H3/t30?,31-,32-,33+,34?,35-,36-,37+,38-,39-,40?,41?,43?,44-,45-,46-,47+,48+,49?/m0/s1. The van der Waals surface area contributed by atoms with Crippen LogP contribution in [0.15, 0.2) is 0 Å². The van der Waals surface area contributed by atoms with Gasteiger partial charge in [0.1, 0.15) is 29.2 Å². The van der Waals surface area contributed by atoms with Crippen molar-refractivity contribution in [3.63, 3.8) is 0 Å². The highest BCUT2D eigenvalue weighted by Crippen LogP contribution is 2.84. The van der Waals surface area contributed by atoms with E-state index in [0.29, 0.717) is 55.1 Å². The molecule has 0 amide bonds. The van der Waals surface area contributed by atoms with Gasteiger partial charge in [0.25, 0.3) is 0 Å². The number of rotatable bonds is 5. The summed E-state index contributed by atoms with van der Waals surface area (Å²) in [6.07, 6.45) is 15.7. The molecule has 2 bridgehead atoms. The molecule has 0 aliphatic heterocycles. The summed E-state index contributed by atoms with van der Waals surface area (Å²) < 4.78 is 31.7. The van der Waals surface area contributed by atoms with Crippen molar-refractivity contribution in [2.45, 2.75) is 186 Å². The lowest BCUT2D eigenvalue weighted by Crippen LogP contribution is -2.72. The predicted octanol–water partition coefficient (Wildman–Crippen LogP) is 8.34. The number of carbonyl (C=O) groups excluding carboxylic acids is 5. The third kappa shape index (κ3) is 5.34. The Bertz CT molecular complexity index is 1810. The number of fused-ring (bicyclic) bond motifs is 10. The second-order valence-corrected chi connectivity index (χ2v) is 22.7. The van der Waals surface area contributed by atoms with E-state index in [1.165, 1.54) is 13.8 Å². The molecular weight excluding hydrogens is 749 g/mol. The summed E-state index contributed by atoms with van der Waals surface area (Å²) in [6.45, 7) is 11.2. The maximum absolute atomic E-state index is 15.6. The molecule has 59 heavy (non-hydrogen) atoms. The van der Waals surface area contributed by atoms with Crippen LogP contribution in [-0.4, -0.2) is 65.8 Å². The zero-order chi connectivity index (χ0) is 41.7. The molecule has 0 aromatic carbocycles. The Morgan fingerprint density at radius 3 is 1.78 bits per heavy atom. The number of methoxy groups -OCH3 is 1. The maximum Gasteiger partial charge on any atom is 0.303 e. The second kappa shape index (κ2) is 13.5. The van der Waals surface area contributed by atoms with Gasteiger partial charge in [0.05, 0.1) is 5.60 Å². The fraction of sp³-hybridized carbons (Fsp3) is 0.898. The Morgan fingerprint density at radius 1 is 0.576 bits per heavy atom. The van der Waals surface area contributed by atoms with E-state index in [4.69, 9.17) is 23.7 Å². The van der Waals surface area contributed by atoms with Crippen molar-refractivity contribution >= 4 is 29.7 Å². The number of hydrogen-bond acceptors (Lipinski definition) is 10. The second-order valence-electron chi connectivity index (χ2n) is 22.7. The summed E-state index contributed by atoms with van der Waals surface area (Å²) in [7, 11) is 1.89. The lowest BCUT2D eigenvalue weighted by Gasteiger charge is -2.69. The van der Waals surface area contributed by atoms with Gasteiger partial charge in [0.15, 0.2) is 0 Å². The highest BCUT2D eigenvalue weighted by molar-refractivity contribution is 5.90. The molecule has 11 fully saturated rings. The molecule has 0 aromatic rings. The number of Topliss-reactive ketones (excluding diaryl/α,β-unsaturated/α-hetero) is 1. The molecule has 10 heteroatoms. The largest absolute Gasteiger partial charge is 0.463 e. The molecule has 0 heterocycles. The lowest BCUT2D eigenvalue weighted by atomic mass is 9.36. The fourth-order valence-electron chi connectivity index (χ4n) is 19.8. The molecule has 0 aromatic heterocycles. The van der Waals surface area contributed by atoms with Gasteiger partial charge < -0.3 is 23.7 Å². The quantitative estimate of drug-likeness (QED) is 0.197. The van der Waals surface area contributed by atoms with Crippen LogP contribution in [0.25, 0.3) is 0 Å². The minimum absolute atomic E-state index is 0.00462. The summed E-state index contributed by atoms with van der Waals surface area (Å²) in [4.78, 5) is 65.9. The van der Waals surface area contributed by atoms with Gasteiger partial charge in [-0.25, -0.2) is 0 Å². The van der Waals surface area contributed by atoms with Gasteiger partial charge in [-0.2, -0.15) is 0 Å². The summed E-state index contributed by atoms with van der Waals surface area (Å²) in [5, 5.41) is 0. The number of ketones is 1. The first-order valence-electron chi connectivity index (χ1n) is 23.8. The molecule has 0 radical (unpaired) electrons. The van der Waals surface area contributed by atoms with Crippen LogP contribution in [0.1, 0.15) is 157 Å². The average molecular weight is 819 g/mol. The van der Waals surface area contributed by atoms with Crippen molar-refractivity contribution in [1.29, 1.82) is 0 Å². The molecule has 1 spiro atoms. The Balaban J connectivity index is 1.02. The number of esters is 4. The van der Waals surface area contributed by atoms with Crippen molar-refractivity contribution in [2.75, 3.05) is 7.11 Å². The maximum atomic E-state index is 15.6. The summed E-state index contributed by atoms with van der Waals surface area (Å²) in [5.74, 6) is 2.66. The lowest BCUT2D eigenvalue weighted by molar-refractivity contribution is -0.254. The summed E-state index contributed by atoms with van der Waals surface area (Å²) in [6, 6.07) is 0. The van der Waals surface area contributed by atoms with Gasteiger partial charge in [0.2, 0.25) is 0 Å². The molecule has 0 saturated heterocycles. The number of carbonyl (C=O) groups is 5. The van der Waals surface area contributed by atoms with Gasteiger partial charge in [-0.1, -0.05) is 13.8 Å². The molecule has 10 nitrogen and oxygen atoms in total. The Hall–Kier alpha value is -2.49. The first kappa shape index (κ1) is 40.6. The third-order valence-corrected chi connectivity index (χ3v) is 20.9. The van der Waals surface area contributed by atoms with E-state index < -0.39 is 22.2 Å². The Kier molecular flexibility index (Phi) is 9.29. The zero-order valence-corrected chi connectivity index (χ0v) is 36.8. The van der Waals surface area contributed by atoms with E-state index in [1.807, 2.05) is 7.11 Å². The van der Waals surface area contributed by atoms with Crippen LogP contribution in [-0.2, 0) is 47.7 Å². The Morgan fingerprint density at radius 2 is 1.19 bits per heavy atom. The molecule has 11 aliphatic rings. The van der Waals surface area contributed by atoms with Crippen molar-refractivity contribution in [1.82, 2.24) is 0 Å². The zero-order valence-electron chi connectivity index (χ0n) is 36.8. The highest BCUT2D eigenvalue weighted by Gasteiger charge is 2.84. The third-order valence-electron chi connectivity index (χ3n) is 20.9. The van der Waals surface area contributed by atoms with Crippen molar-refractivity contribution < 1.29 is 47.7 Å². The van der Waals surface area contributed by atoms with E-state index in [0.717, 1.165) is 89.9 Å². The van der Waals surface area contributed by atoms with Gasteiger partial charge >= 0.3 is 23.9 Å². The average Bonchev–Trinajstić information content (AvgIpc) is 3.63. The van der Waals surface area contributed by atoms with Crippen molar-refractivity contribution in [2.24, 2.45) is 81.3 Å². The monoisotopic (exact) mass is 818 g/mol. The molecular formula is C49H70O10.